The van der Waals surface area contributed by atoms with E-state index in [-0.39, 0.29) is 5.69 Å². The summed E-state index contributed by atoms with van der Waals surface area (Å²) in [5, 5.41) is 15.7. The van der Waals surface area contributed by atoms with Crippen LogP contribution in [0.4, 0.5) is 11.4 Å². The van der Waals surface area contributed by atoms with Crippen molar-refractivity contribution in [2.75, 3.05) is 5.32 Å². The Hall–Kier alpha value is -4.81. The fourth-order valence-corrected chi connectivity index (χ4v) is 5.43. The first-order valence-corrected chi connectivity index (χ1v) is 13.5. The topological polar surface area (TPSA) is 91.9 Å². The Bertz CT molecular complexity index is 1520. The van der Waals surface area contributed by atoms with E-state index in [1.807, 2.05) is 66.7 Å². The van der Waals surface area contributed by atoms with Gasteiger partial charge < -0.3 is 11.1 Å². The standard InChI is InChI=1S/C34H29N4O2/c35-33(25-20-21-36-32(22-25)24-16-17-24)30-23-29(38(39)40)18-19-31(30)37-34(26-10-4-1-5-11-26,27-12-6-2-7-13-27)28-14-8-3-9-15-28/h1-15,18-24,33,35,37H,16-17H2/q-1. The smallest absolute Gasteiger partial charge is 0.269 e. The van der Waals surface area contributed by atoms with Gasteiger partial charge in [0, 0.05) is 35.6 Å². The average molecular weight is 526 g/mol. The predicted octanol–water partition coefficient (Wildman–Crippen LogP) is 8.41. The molecule has 1 fully saturated rings. The first kappa shape index (κ1) is 25.5. The van der Waals surface area contributed by atoms with Crippen molar-refractivity contribution in [3.8, 4) is 0 Å². The van der Waals surface area contributed by atoms with E-state index in [1.165, 1.54) is 12.1 Å². The first-order chi connectivity index (χ1) is 19.6. The maximum atomic E-state index is 11.8. The maximum Gasteiger partial charge on any atom is 0.269 e. The summed E-state index contributed by atoms with van der Waals surface area (Å²) in [6.45, 7) is 0. The van der Waals surface area contributed by atoms with Crippen molar-refractivity contribution in [3.63, 3.8) is 0 Å². The molecule has 1 aliphatic rings. The van der Waals surface area contributed by atoms with Gasteiger partial charge in [0.05, 0.1) is 4.92 Å². The summed E-state index contributed by atoms with van der Waals surface area (Å²) in [6, 6.07) is 38.3. The van der Waals surface area contributed by atoms with Gasteiger partial charge in [-0.25, -0.2) is 0 Å². The molecule has 0 spiro atoms. The zero-order chi connectivity index (χ0) is 27.5. The largest absolute Gasteiger partial charge is 0.667 e. The summed E-state index contributed by atoms with van der Waals surface area (Å²) < 4.78 is 0. The molecule has 0 saturated heterocycles. The van der Waals surface area contributed by atoms with Crippen LogP contribution in [-0.4, -0.2) is 9.91 Å². The molecule has 5 aromatic rings. The zero-order valence-corrected chi connectivity index (χ0v) is 21.9. The third-order valence-electron chi connectivity index (χ3n) is 7.63. The van der Waals surface area contributed by atoms with Crippen LogP contribution in [0.5, 0.6) is 0 Å². The van der Waals surface area contributed by atoms with Crippen LogP contribution in [0.25, 0.3) is 5.73 Å². The Kier molecular flexibility index (Phi) is 6.84. The molecule has 6 rings (SSSR count). The second-order valence-electron chi connectivity index (χ2n) is 10.2. The normalized spacial score (nSPS) is 13.9. The lowest BCUT2D eigenvalue weighted by molar-refractivity contribution is -0.384. The van der Waals surface area contributed by atoms with Gasteiger partial charge in [0.2, 0.25) is 0 Å². The molecule has 1 atom stereocenters. The minimum Gasteiger partial charge on any atom is -0.667 e. The molecule has 1 unspecified atom stereocenters. The Morgan fingerprint density at radius 1 is 0.800 bits per heavy atom. The molecule has 198 valence electrons. The van der Waals surface area contributed by atoms with E-state index in [0.29, 0.717) is 17.2 Å². The molecule has 0 amide bonds. The lowest BCUT2D eigenvalue weighted by Gasteiger charge is -2.39. The summed E-state index contributed by atoms with van der Waals surface area (Å²) in [5.41, 5.74) is 14.4. The van der Waals surface area contributed by atoms with Crippen LogP contribution in [0, 0.1) is 10.1 Å². The molecule has 1 aromatic heterocycles. The summed E-state index contributed by atoms with van der Waals surface area (Å²) in [4.78, 5) is 16.0. The van der Waals surface area contributed by atoms with Gasteiger partial charge in [-0.15, -0.1) is 0 Å². The van der Waals surface area contributed by atoms with E-state index in [2.05, 4.69) is 46.7 Å². The van der Waals surface area contributed by atoms with E-state index < -0.39 is 16.5 Å². The van der Waals surface area contributed by atoms with Crippen molar-refractivity contribution in [1.29, 1.82) is 0 Å². The lowest BCUT2D eigenvalue weighted by Crippen LogP contribution is -2.38. The average Bonchev–Trinajstić information content (AvgIpc) is 3.87. The van der Waals surface area contributed by atoms with Crippen molar-refractivity contribution in [3.05, 3.63) is 177 Å². The van der Waals surface area contributed by atoms with Crippen molar-refractivity contribution < 1.29 is 4.92 Å². The highest BCUT2D eigenvalue weighted by Crippen LogP contribution is 2.44. The van der Waals surface area contributed by atoms with Crippen LogP contribution in [0.3, 0.4) is 0 Å². The van der Waals surface area contributed by atoms with Gasteiger partial charge in [-0.3, -0.25) is 15.1 Å². The zero-order valence-electron chi connectivity index (χ0n) is 21.9. The van der Waals surface area contributed by atoms with E-state index in [4.69, 9.17) is 0 Å². The summed E-state index contributed by atoms with van der Waals surface area (Å²) in [7, 11) is 0. The third kappa shape index (κ3) is 4.85. The molecule has 0 radical (unpaired) electrons. The predicted molar refractivity (Wildman–Crippen MR) is 158 cm³/mol. The van der Waals surface area contributed by atoms with E-state index in [9.17, 15) is 15.8 Å². The van der Waals surface area contributed by atoms with Crippen molar-refractivity contribution >= 4 is 11.4 Å². The molecule has 6 heteroatoms. The van der Waals surface area contributed by atoms with Crippen LogP contribution >= 0.6 is 0 Å². The number of aromatic nitrogens is 1. The molecule has 40 heavy (non-hydrogen) atoms. The van der Waals surface area contributed by atoms with Gasteiger partial charge in [0.25, 0.3) is 5.69 Å². The fraction of sp³-hybridized carbons (Fsp3) is 0.147. The Balaban J connectivity index is 1.56. The van der Waals surface area contributed by atoms with Gasteiger partial charge in [-0.1, -0.05) is 103 Å². The van der Waals surface area contributed by atoms with Gasteiger partial charge in [0.15, 0.2) is 0 Å². The number of benzene rings is 4. The molecule has 0 bridgehead atoms. The van der Waals surface area contributed by atoms with Crippen LogP contribution in [0.1, 0.15) is 58.3 Å². The monoisotopic (exact) mass is 525 g/mol. The molecule has 1 aliphatic carbocycles. The number of non-ortho nitro benzene ring substituents is 1. The fourth-order valence-electron chi connectivity index (χ4n) is 5.43. The molecular weight excluding hydrogens is 496 g/mol. The number of nitro groups is 1. The van der Waals surface area contributed by atoms with Gasteiger partial charge >= 0.3 is 0 Å². The van der Waals surface area contributed by atoms with E-state index in [0.717, 1.165) is 40.8 Å². The van der Waals surface area contributed by atoms with Crippen molar-refractivity contribution in [2.24, 2.45) is 0 Å². The highest BCUT2D eigenvalue weighted by atomic mass is 16.6. The Labute approximate surface area is 233 Å². The first-order valence-electron chi connectivity index (χ1n) is 13.5. The highest BCUT2D eigenvalue weighted by molar-refractivity contribution is 5.66. The quantitative estimate of drug-likeness (QED) is 0.119. The van der Waals surface area contributed by atoms with Gasteiger partial charge in [-0.2, -0.15) is 0 Å². The summed E-state index contributed by atoms with van der Waals surface area (Å²) in [5.74, 6) is 0.441. The number of hydrogen-bond donors (Lipinski definition) is 1. The number of pyridine rings is 1. The van der Waals surface area contributed by atoms with E-state index >= 15 is 0 Å². The van der Waals surface area contributed by atoms with E-state index in [1.54, 1.807) is 12.3 Å². The number of anilines is 1. The molecule has 6 nitrogen and oxygen atoms in total. The minimum atomic E-state index is -0.845. The third-order valence-corrected chi connectivity index (χ3v) is 7.63. The highest BCUT2D eigenvalue weighted by Gasteiger charge is 2.37. The number of hydrogen-bond acceptors (Lipinski definition) is 4. The van der Waals surface area contributed by atoms with Crippen LogP contribution in [-0.2, 0) is 5.54 Å². The molecule has 1 heterocycles. The molecule has 2 N–H and O–H groups in total. The Morgan fingerprint density at radius 3 is 1.85 bits per heavy atom. The molecule has 0 aliphatic heterocycles. The lowest BCUT2D eigenvalue weighted by atomic mass is 9.76. The minimum absolute atomic E-state index is 0.0426. The molecule has 4 aromatic carbocycles. The molecular formula is C34H29N4O2-. The second kappa shape index (κ2) is 10.8. The van der Waals surface area contributed by atoms with Crippen LogP contribution in [0.2, 0.25) is 0 Å². The van der Waals surface area contributed by atoms with Crippen molar-refractivity contribution in [1.82, 2.24) is 4.98 Å². The van der Waals surface area contributed by atoms with Crippen LogP contribution < -0.4 is 5.32 Å². The Morgan fingerprint density at radius 2 is 1.35 bits per heavy atom. The molecule has 1 saturated carbocycles. The number of rotatable bonds is 9. The van der Waals surface area contributed by atoms with Crippen molar-refractivity contribution in [2.45, 2.75) is 30.3 Å². The SMILES string of the molecule is [NH-]C(c1ccnc(C2CC2)c1)c1cc([N+](=O)[O-])ccc1NC(c1ccccc1)(c1ccccc1)c1ccccc1. The summed E-state index contributed by atoms with van der Waals surface area (Å²) >= 11 is 0. The van der Waals surface area contributed by atoms with Gasteiger partial charge in [-0.05, 0) is 53.3 Å². The number of nitro benzene ring substituents is 1. The maximum absolute atomic E-state index is 11.8. The number of nitrogens with one attached hydrogen (secondary N) is 2. The summed E-state index contributed by atoms with van der Waals surface area (Å²) in [6.07, 6.45) is 3.96. The van der Waals surface area contributed by atoms with Crippen LogP contribution in [0.15, 0.2) is 128 Å². The second-order valence-corrected chi connectivity index (χ2v) is 10.2. The number of nitrogens with zero attached hydrogens (tertiary/aromatic N) is 2. The van der Waals surface area contributed by atoms with Gasteiger partial charge in [0.1, 0.15) is 5.54 Å².